The van der Waals surface area contributed by atoms with E-state index < -0.39 is 34.5 Å². The fourth-order valence-corrected chi connectivity index (χ4v) is 2.12. The van der Waals surface area contributed by atoms with E-state index in [4.69, 9.17) is 15.4 Å². The number of amides is 1. The number of aliphatic hydroxyl groups is 1. The van der Waals surface area contributed by atoms with Gasteiger partial charge in [0.1, 0.15) is 16.6 Å². The number of nitrogens with zero attached hydrogens (tertiary/aromatic N) is 1. The van der Waals surface area contributed by atoms with Gasteiger partial charge in [0.05, 0.1) is 0 Å². The van der Waals surface area contributed by atoms with E-state index in [1.807, 2.05) is 0 Å². The number of carboxylic acid groups (broad SMARTS) is 1. The molecule has 112 valence electrons. The van der Waals surface area contributed by atoms with E-state index in [1.54, 1.807) is 0 Å². The van der Waals surface area contributed by atoms with Crippen LogP contribution in [0.5, 0.6) is 0 Å². The second kappa shape index (κ2) is 6.03. The summed E-state index contributed by atoms with van der Waals surface area (Å²) in [6, 6.07) is -0.219. The third-order valence-corrected chi connectivity index (χ3v) is 3.44. The molecule has 0 bridgehead atoms. The molecule has 0 aliphatic carbocycles. The molecular weight excluding hydrogens is 290 g/mol. The summed E-state index contributed by atoms with van der Waals surface area (Å²) in [5.74, 6) is -2.07. The van der Waals surface area contributed by atoms with Crippen molar-refractivity contribution in [2.75, 3.05) is 6.61 Å². The number of rotatable bonds is 6. The van der Waals surface area contributed by atoms with E-state index in [0.29, 0.717) is 0 Å². The van der Waals surface area contributed by atoms with Crippen LogP contribution < -0.4 is 10.5 Å². The van der Waals surface area contributed by atoms with Crippen molar-refractivity contribution in [3.63, 3.8) is 0 Å². The molecule has 20 heavy (non-hydrogen) atoms. The van der Waals surface area contributed by atoms with E-state index in [1.165, 1.54) is 11.6 Å². The van der Waals surface area contributed by atoms with Gasteiger partial charge in [-0.2, -0.15) is 0 Å². The average Bonchev–Trinajstić information content (AvgIpc) is 2.70. The number of primary sulfonamides is 1. The first-order valence-corrected chi connectivity index (χ1v) is 7.05. The third-order valence-electron chi connectivity index (χ3n) is 2.56. The molecule has 5 N–H and O–H groups in total. The molecule has 0 spiro atoms. The van der Waals surface area contributed by atoms with Gasteiger partial charge >= 0.3 is 5.97 Å². The Labute approximate surface area is 115 Å². The molecule has 10 heteroatoms. The first kappa shape index (κ1) is 16.1. The summed E-state index contributed by atoms with van der Waals surface area (Å²) >= 11 is 0. The van der Waals surface area contributed by atoms with Crippen LogP contribution >= 0.6 is 0 Å². The quantitative estimate of drug-likeness (QED) is 0.488. The lowest BCUT2D eigenvalue weighted by atomic mass is 10.2. The maximum absolute atomic E-state index is 11.9. The van der Waals surface area contributed by atoms with Crippen molar-refractivity contribution >= 4 is 21.9 Å². The minimum Gasteiger partial charge on any atom is -0.480 e. The van der Waals surface area contributed by atoms with Crippen LogP contribution in [0.2, 0.25) is 0 Å². The average molecular weight is 305 g/mol. The third kappa shape index (κ3) is 3.79. The summed E-state index contributed by atoms with van der Waals surface area (Å²) < 4.78 is 23.5. The summed E-state index contributed by atoms with van der Waals surface area (Å²) in [4.78, 5) is 22.5. The van der Waals surface area contributed by atoms with Gasteiger partial charge in [-0.25, -0.2) is 18.4 Å². The topological polar surface area (TPSA) is 152 Å². The number of carbonyl (C=O) groups is 2. The highest BCUT2D eigenvalue weighted by Crippen LogP contribution is 2.12. The molecule has 0 saturated carbocycles. The largest absolute Gasteiger partial charge is 0.480 e. The van der Waals surface area contributed by atoms with Crippen LogP contribution in [0.1, 0.15) is 16.9 Å². The number of aryl methyl sites for hydroxylation is 1. The van der Waals surface area contributed by atoms with Crippen molar-refractivity contribution in [2.45, 2.75) is 17.4 Å². The second-order valence-corrected chi connectivity index (χ2v) is 5.65. The molecule has 9 nitrogen and oxygen atoms in total. The molecule has 0 saturated heterocycles. The molecule has 0 radical (unpaired) electrons. The highest BCUT2D eigenvalue weighted by atomic mass is 32.2. The molecule has 1 atom stereocenters. The van der Waals surface area contributed by atoms with Crippen molar-refractivity contribution in [2.24, 2.45) is 12.2 Å². The standard InChI is InChI=1S/C10H15N3O6S/c1-13-5-6(20(11,18)19)4-8(13)9(15)12-7(2-3-14)10(16)17/h4-5,7,14H,2-3H2,1H3,(H,12,15)(H,16,17)(H2,11,18,19)/t7-/m1/s1. The van der Waals surface area contributed by atoms with Crippen molar-refractivity contribution in [3.05, 3.63) is 18.0 Å². The zero-order valence-electron chi connectivity index (χ0n) is 10.6. The molecule has 0 fully saturated rings. The number of nitrogens with one attached hydrogen (secondary N) is 1. The zero-order valence-corrected chi connectivity index (χ0v) is 11.4. The molecular formula is C10H15N3O6S. The Morgan fingerprint density at radius 3 is 2.50 bits per heavy atom. The van der Waals surface area contributed by atoms with Crippen LogP contribution in [0.4, 0.5) is 0 Å². The highest BCUT2D eigenvalue weighted by molar-refractivity contribution is 7.89. The van der Waals surface area contributed by atoms with Gasteiger partial charge < -0.3 is 20.1 Å². The molecule has 1 amide bonds. The van der Waals surface area contributed by atoms with Gasteiger partial charge in [-0.05, 0) is 6.07 Å². The summed E-state index contributed by atoms with van der Waals surface area (Å²) in [5.41, 5.74) is -0.0572. The minimum atomic E-state index is -3.95. The normalized spacial score (nSPS) is 12.9. The van der Waals surface area contributed by atoms with E-state index in [9.17, 15) is 18.0 Å². The number of hydrogen-bond acceptors (Lipinski definition) is 5. The summed E-state index contributed by atoms with van der Waals surface area (Å²) in [6.07, 6.45) is 0.986. The minimum absolute atomic E-state index is 0.0572. The number of sulfonamides is 1. The van der Waals surface area contributed by atoms with Crippen LogP contribution in [0.25, 0.3) is 0 Å². The van der Waals surface area contributed by atoms with Crippen LogP contribution in [0.3, 0.4) is 0 Å². The lowest BCUT2D eigenvalue weighted by molar-refractivity contribution is -0.139. The Hall–Kier alpha value is -1.91. The fraction of sp³-hybridized carbons (Fsp3) is 0.400. The lowest BCUT2D eigenvalue weighted by Crippen LogP contribution is -2.41. The van der Waals surface area contributed by atoms with Crippen molar-refractivity contribution < 1.29 is 28.2 Å². The van der Waals surface area contributed by atoms with Crippen LogP contribution in [0, 0.1) is 0 Å². The maximum Gasteiger partial charge on any atom is 0.326 e. The van der Waals surface area contributed by atoms with Crippen LogP contribution in [-0.4, -0.2) is 47.7 Å². The first-order chi connectivity index (χ1) is 9.16. The summed E-state index contributed by atoms with van der Waals surface area (Å²) in [6.45, 7) is -0.410. The van der Waals surface area contributed by atoms with Crippen molar-refractivity contribution in [3.8, 4) is 0 Å². The molecule has 1 heterocycles. The molecule has 0 aliphatic heterocycles. The summed E-state index contributed by atoms with van der Waals surface area (Å²) in [5, 5.41) is 24.7. The van der Waals surface area contributed by atoms with Gasteiger partial charge in [-0.3, -0.25) is 4.79 Å². The number of hydrogen-bond donors (Lipinski definition) is 4. The lowest BCUT2D eigenvalue weighted by Gasteiger charge is -2.13. The number of carboxylic acids is 1. The Balaban J connectivity index is 2.98. The van der Waals surface area contributed by atoms with Gasteiger partial charge in [-0.15, -0.1) is 0 Å². The van der Waals surface area contributed by atoms with E-state index in [2.05, 4.69) is 5.32 Å². The second-order valence-electron chi connectivity index (χ2n) is 4.09. The Morgan fingerprint density at radius 2 is 2.10 bits per heavy atom. The molecule has 1 aromatic rings. The van der Waals surface area contributed by atoms with Gasteiger partial charge in [0.25, 0.3) is 5.91 Å². The van der Waals surface area contributed by atoms with Crippen LogP contribution in [0.15, 0.2) is 17.2 Å². The van der Waals surface area contributed by atoms with Gasteiger partial charge in [0.15, 0.2) is 0 Å². The first-order valence-electron chi connectivity index (χ1n) is 5.50. The number of aliphatic hydroxyl groups excluding tert-OH is 1. The predicted molar refractivity (Wildman–Crippen MR) is 67.4 cm³/mol. The van der Waals surface area contributed by atoms with E-state index in [0.717, 1.165) is 12.3 Å². The monoisotopic (exact) mass is 305 g/mol. The van der Waals surface area contributed by atoms with E-state index in [-0.39, 0.29) is 17.0 Å². The van der Waals surface area contributed by atoms with Crippen molar-refractivity contribution in [1.29, 1.82) is 0 Å². The molecule has 0 aliphatic rings. The SMILES string of the molecule is Cn1cc(S(N)(=O)=O)cc1C(=O)N[C@H](CCO)C(=O)O. The fourth-order valence-electron chi connectivity index (χ4n) is 1.53. The zero-order chi connectivity index (χ0) is 15.5. The van der Waals surface area contributed by atoms with Gasteiger partial charge in [0, 0.05) is 26.3 Å². The van der Waals surface area contributed by atoms with Gasteiger partial charge in [-0.1, -0.05) is 0 Å². The Bertz CT molecular complexity index is 621. The smallest absolute Gasteiger partial charge is 0.326 e. The number of nitrogens with two attached hydrogens (primary N) is 1. The molecule has 0 aromatic carbocycles. The molecule has 1 aromatic heterocycles. The molecule has 0 unspecified atom stereocenters. The number of aliphatic carboxylic acids is 1. The van der Waals surface area contributed by atoms with Crippen LogP contribution in [-0.2, 0) is 21.9 Å². The Kier molecular flexibility index (Phi) is 4.87. The summed E-state index contributed by atoms with van der Waals surface area (Å²) in [7, 11) is -2.53. The van der Waals surface area contributed by atoms with Crippen molar-refractivity contribution in [1.82, 2.24) is 9.88 Å². The maximum atomic E-state index is 11.9. The van der Waals surface area contributed by atoms with Gasteiger partial charge in [0.2, 0.25) is 10.0 Å². The number of carbonyl (C=O) groups excluding carboxylic acids is 1. The molecule has 1 rings (SSSR count). The highest BCUT2D eigenvalue weighted by Gasteiger charge is 2.23. The van der Waals surface area contributed by atoms with E-state index >= 15 is 0 Å². The predicted octanol–water partition coefficient (Wildman–Crippen LogP) is -1.76. The number of aromatic nitrogens is 1. The Morgan fingerprint density at radius 1 is 1.50 bits per heavy atom.